The van der Waals surface area contributed by atoms with Crippen molar-refractivity contribution in [1.29, 1.82) is 0 Å². The normalized spacial score (nSPS) is 15.5. The fraction of sp³-hybridized carbons (Fsp3) is 0.700. The number of hydrogen-bond donors (Lipinski definition) is 1. The lowest BCUT2D eigenvalue weighted by Crippen LogP contribution is -2.51. The standard InChI is InChI=1S/C20H32N4O4S/c1-13(2)18(26)16(10-17(25)24-6-8-28-9-7-24)22-20(27)23(5)11-15-12-29-19(21-15)14(3)4/h12-14,16H,6-11H2,1-5H3,(H,22,27). The summed E-state index contributed by atoms with van der Waals surface area (Å²) in [6.07, 6.45) is -0.0369. The van der Waals surface area contributed by atoms with Crippen LogP contribution in [0.15, 0.2) is 5.38 Å². The number of rotatable bonds is 8. The van der Waals surface area contributed by atoms with Crippen LogP contribution in [0.4, 0.5) is 4.79 Å². The number of ether oxygens (including phenoxy) is 1. The van der Waals surface area contributed by atoms with Crippen molar-refractivity contribution in [2.75, 3.05) is 33.4 Å². The van der Waals surface area contributed by atoms with Crippen molar-refractivity contribution in [3.63, 3.8) is 0 Å². The van der Waals surface area contributed by atoms with Crippen molar-refractivity contribution in [1.82, 2.24) is 20.1 Å². The molecule has 162 valence electrons. The lowest BCUT2D eigenvalue weighted by molar-refractivity contribution is -0.138. The summed E-state index contributed by atoms with van der Waals surface area (Å²) in [5.74, 6) is -0.234. The minimum Gasteiger partial charge on any atom is -0.378 e. The van der Waals surface area contributed by atoms with Crippen LogP contribution in [0.5, 0.6) is 0 Å². The molecule has 0 bridgehead atoms. The van der Waals surface area contributed by atoms with Crippen LogP contribution in [0.3, 0.4) is 0 Å². The van der Waals surface area contributed by atoms with Gasteiger partial charge in [0.15, 0.2) is 5.78 Å². The molecule has 1 saturated heterocycles. The van der Waals surface area contributed by atoms with Gasteiger partial charge in [-0.2, -0.15) is 0 Å². The molecule has 29 heavy (non-hydrogen) atoms. The zero-order valence-corrected chi connectivity index (χ0v) is 18.8. The Morgan fingerprint density at radius 3 is 2.45 bits per heavy atom. The van der Waals surface area contributed by atoms with Crippen LogP contribution in [-0.2, 0) is 20.9 Å². The number of Topliss-reactive ketones (excluding diaryl/α,β-unsaturated/α-hetero) is 1. The van der Waals surface area contributed by atoms with Crippen LogP contribution in [0.25, 0.3) is 0 Å². The number of urea groups is 1. The first-order valence-electron chi connectivity index (χ1n) is 10.0. The summed E-state index contributed by atoms with van der Waals surface area (Å²) in [7, 11) is 1.66. The van der Waals surface area contributed by atoms with Gasteiger partial charge >= 0.3 is 6.03 Å². The second-order valence-corrected chi connectivity index (χ2v) is 8.83. The Bertz CT molecular complexity index is 713. The Balaban J connectivity index is 1.99. The topological polar surface area (TPSA) is 91.8 Å². The Kier molecular flexibility index (Phi) is 8.58. The molecule has 1 unspecified atom stereocenters. The van der Waals surface area contributed by atoms with Crippen LogP contribution in [0.2, 0.25) is 0 Å². The first-order valence-corrected chi connectivity index (χ1v) is 10.9. The summed E-state index contributed by atoms with van der Waals surface area (Å²) in [5.41, 5.74) is 0.812. The van der Waals surface area contributed by atoms with E-state index in [1.807, 2.05) is 5.38 Å². The van der Waals surface area contributed by atoms with Gasteiger partial charge in [0.1, 0.15) is 0 Å². The van der Waals surface area contributed by atoms with Gasteiger partial charge in [0, 0.05) is 37.4 Å². The largest absolute Gasteiger partial charge is 0.378 e. The molecular weight excluding hydrogens is 392 g/mol. The highest BCUT2D eigenvalue weighted by Crippen LogP contribution is 2.20. The molecule has 1 atom stereocenters. The highest BCUT2D eigenvalue weighted by Gasteiger charge is 2.29. The van der Waals surface area contributed by atoms with Crippen molar-refractivity contribution in [2.24, 2.45) is 5.92 Å². The third-order valence-corrected chi connectivity index (χ3v) is 5.96. The molecule has 0 spiro atoms. The quantitative estimate of drug-likeness (QED) is 0.691. The molecular formula is C20H32N4O4S. The number of ketones is 1. The van der Waals surface area contributed by atoms with Crippen molar-refractivity contribution in [2.45, 2.75) is 52.6 Å². The van der Waals surface area contributed by atoms with E-state index in [4.69, 9.17) is 4.74 Å². The Morgan fingerprint density at radius 1 is 1.24 bits per heavy atom. The second-order valence-electron chi connectivity index (χ2n) is 7.94. The molecule has 0 aliphatic carbocycles. The number of hydrogen-bond acceptors (Lipinski definition) is 6. The lowest BCUT2D eigenvalue weighted by atomic mass is 9.98. The smallest absolute Gasteiger partial charge is 0.318 e. The maximum absolute atomic E-state index is 12.7. The van der Waals surface area contributed by atoms with Crippen LogP contribution < -0.4 is 5.32 Å². The van der Waals surface area contributed by atoms with Crippen molar-refractivity contribution in [3.8, 4) is 0 Å². The van der Waals surface area contributed by atoms with Crippen LogP contribution >= 0.6 is 11.3 Å². The number of amides is 3. The zero-order chi connectivity index (χ0) is 21.6. The van der Waals surface area contributed by atoms with Gasteiger partial charge in [-0.15, -0.1) is 11.3 Å². The highest BCUT2D eigenvalue weighted by molar-refractivity contribution is 7.09. The van der Waals surface area contributed by atoms with E-state index in [1.54, 1.807) is 37.1 Å². The van der Waals surface area contributed by atoms with Gasteiger partial charge in [0.2, 0.25) is 5.91 Å². The Hall–Kier alpha value is -2.00. The van der Waals surface area contributed by atoms with Gasteiger partial charge in [-0.3, -0.25) is 9.59 Å². The van der Waals surface area contributed by atoms with Crippen molar-refractivity contribution < 1.29 is 19.1 Å². The maximum atomic E-state index is 12.7. The van der Waals surface area contributed by atoms with Crippen LogP contribution in [0.1, 0.15) is 50.7 Å². The Labute approximate surface area is 176 Å². The fourth-order valence-electron chi connectivity index (χ4n) is 2.98. The van der Waals surface area contributed by atoms with E-state index in [1.165, 1.54) is 4.90 Å². The first-order chi connectivity index (χ1) is 13.7. The summed E-state index contributed by atoms with van der Waals surface area (Å²) in [5, 5.41) is 5.72. The molecule has 3 amide bonds. The molecule has 8 nitrogen and oxygen atoms in total. The minimum absolute atomic E-state index is 0.0369. The molecule has 0 radical (unpaired) electrons. The summed E-state index contributed by atoms with van der Waals surface area (Å²) < 4.78 is 5.27. The molecule has 0 aromatic carbocycles. The van der Waals surface area contributed by atoms with E-state index < -0.39 is 12.1 Å². The average molecular weight is 425 g/mol. The van der Waals surface area contributed by atoms with Gasteiger partial charge in [-0.1, -0.05) is 27.7 Å². The van der Waals surface area contributed by atoms with Gasteiger partial charge in [0.05, 0.1) is 42.9 Å². The third-order valence-electron chi connectivity index (χ3n) is 4.76. The number of thiazole rings is 1. The molecule has 1 N–H and O–H groups in total. The summed E-state index contributed by atoms with van der Waals surface area (Å²) in [6.45, 7) is 10.1. The molecule has 1 aromatic heterocycles. The van der Waals surface area contributed by atoms with Gasteiger partial charge in [-0.05, 0) is 0 Å². The molecule has 0 saturated carbocycles. The summed E-state index contributed by atoms with van der Waals surface area (Å²) in [6, 6.07) is -1.24. The number of carbonyl (C=O) groups is 3. The number of nitrogens with one attached hydrogen (secondary N) is 1. The van der Waals surface area contributed by atoms with Crippen LogP contribution in [-0.4, -0.2) is 71.9 Å². The monoisotopic (exact) mass is 424 g/mol. The van der Waals surface area contributed by atoms with E-state index >= 15 is 0 Å². The van der Waals surface area contributed by atoms with E-state index in [-0.39, 0.29) is 24.0 Å². The predicted octanol–water partition coefficient (Wildman–Crippen LogP) is 2.25. The number of nitrogens with zero attached hydrogens (tertiary/aromatic N) is 3. The summed E-state index contributed by atoms with van der Waals surface area (Å²) in [4.78, 5) is 45.6. The molecule has 1 aliphatic heterocycles. The second kappa shape index (κ2) is 10.7. The Morgan fingerprint density at radius 2 is 1.90 bits per heavy atom. The minimum atomic E-state index is -0.845. The molecule has 9 heteroatoms. The molecule has 1 fully saturated rings. The van der Waals surface area contributed by atoms with E-state index in [2.05, 4.69) is 24.1 Å². The highest BCUT2D eigenvalue weighted by atomic mass is 32.1. The van der Waals surface area contributed by atoms with Gasteiger partial charge in [-0.25, -0.2) is 9.78 Å². The molecule has 2 rings (SSSR count). The molecule has 1 aromatic rings. The maximum Gasteiger partial charge on any atom is 0.318 e. The SMILES string of the molecule is CC(C)C(=O)C(CC(=O)N1CCOCC1)NC(=O)N(C)Cc1csc(C(C)C)n1. The third kappa shape index (κ3) is 6.78. The molecule has 2 heterocycles. The average Bonchev–Trinajstić information content (AvgIpc) is 3.16. The number of aromatic nitrogens is 1. The van der Waals surface area contributed by atoms with Gasteiger partial charge < -0.3 is 19.9 Å². The fourth-order valence-corrected chi connectivity index (χ4v) is 3.80. The van der Waals surface area contributed by atoms with Crippen LogP contribution in [0, 0.1) is 5.92 Å². The zero-order valence-electron chi connectivity index (χ0n) is 17.9. The number of carbonyl (C=O) groups excluding carboxylic acids is 3. The van der Waals surface area contributed by atoms with E-state index in [0.717, 1.165) is 10.7 Å². The van der Waals surface area contributed by atoms with Gasteiger partial charge in [0.25, 0.3) is 0 Å². The number of morpholine rings is 1. The molecule has 1 aliphatic rings. The van der Waals surface area contributed by atoms with Crippen molar-refractivity contribution >= 4 is 29.1 Å². The lowest BCUT2D eigenvalue weighted by Gasteiger charge is -2.29. The summed E-state index contributed by atoms with van der Waals surface area (Å²) >= 11 is 1.57. The van der Waals surface area contributed by atoms with E-state index in [0.29, 0.717) is 38.8 Å². The predicted molar refractivity (Wildman–Crippen MR) is 112 cm³/mol. The van der Waals surface area contributed by atoms with E-state index in [9.17, 15) is 14.4 Å². The van der Waals surface area contributed by atoms with Crippen molar-refractivity contribution in [3.05, 3.63) is 16.1 Å². The first kappa shape index (κ1) is 23.3.